The molecule has 0 radical (unpaired) electrons. The van der Waals surface area contributed by atoms with Crippen molar-refractivity contribution in [1.29, 1.82) is 0 Å². The summed E-state index contributed by atoms with van der Waals surface area (Å²) in [5.41, 5.74) is 1.75. The van der Waals surface area contributed by atoms with E-state index in [1.165, 1.54) is 0 Å². The lowest BCUT2D eigenvalue weighted by Gasteiger charge is -1.99. The van der Waals surface area contributed by atoms with Gasteiger partial charge in [0.25, 0.3) is 5.56 Å². The Bertz CT molecular complexity index is 774. The van der Waals surface area contributed by atoms with Crippen LogP contribution < -0.4 is 5.56 Å². The van der Waals surface area contributed by atoms with E-state index in [4.69, 9.17) is 0 Å². The van der Waals surface area contributed by atoms with E-state index in [0.29, 0.717) is 11.2 Å². The van der Waals surface area contributed by atoms with Gasteiger partial charge < -0.3 is 4.98 Å². The van der Waals surface area contributed by atoms with Gasteiger partial charge >= 0.3 is 0 Å². The van der Waals surface area contributed by atoms with Crippen molar-refractivity contribution in [2.45, 2.75) is 13.8 Å². The number of H-pyrrole nitrogens is 1. The molecule has 1 N–H and O–H groups in total. The summed E-state index contributed by atoms with van der Waals surface area (Å²) in [5, 5.41) is 0.699. The summed E-state index contributed by atoms with van der Waals surface area (Å²) in [6.07, 6.45) is 3.39. The third-order valence-electron chi connectivity index (χ3n) is 2.97. The molecule has 0 spiro atoms. The molecule has 0 amide bonds. The van der Waals surface area contributed by atoms with E-state index in [0.717, 1.165) is 20.8 Å². The Hall–Kier alpha value is -2.01. The Kier molecular flexibility index (Phi) is 2.48. The number of aromatic nitrogens is 3. The predicted molar refractivity (Wildman–Crippen MR) is 72.9 cm³/mol. The fraction of sp³-hybridized carbons (Fsp3) is 0.154. The highest BCUT2D eigenvalue weighted by Gasteiger charge is 2.12. The van der Waals surface area contributed by atoms with Gasteiger partial charge in [0.2, 0.25) is 0 Å². The average molecular weight is 257 g/mol. The van der Waals surface area contributed by atoms with Gasteiger partial charge in [0.05, 0.1) is 5.39 Å². The van der Waals surface area contributed by atoms with Crippen LogP contribution in [0, 0.1) is 13.8 Å². The number of thiophene rings is 1. The SMILES string of the molecule is Cc1sc2nc(-c3cccnc3)[nH]c(=O)c2c1C. The van der Waals surface area contributed by atoms with E-state index >= 15 is 0 Å². The van der Waals surface area contributed by atoms with Gasteiger partial charge in [-0.1, -0.05) is 0 Å². The minimum absolute atomic E-state index is 0.0827. The first-order valence-electron chi connectivity index (χ1n) is 5.57. The summed E-state index contributed by atoms with van der Waals surface area (Å²) in [6, 6.07) is 3.70. The number of fused-ring (bicyclic) bond motifs is 1. The van der Waals surface area contributed by atoms with Crippen molar-refractivity contribution in [3.63, 3.8) is 0 Å². The molecule has 4 nitrogen and oxygen atoms in total. The fourth-order valence-corrected chi connectivity index (χ4v) is 2.92. The van der Waals surface area contributed by atoms with E-state index in [1.807, 2.05) is 26.0 Å². The van der Waals surface area contributed by atoms with Crippen molar-refractivity contribution in [2.24, 2.45) is 0 Å². The summed E-state index contributed by atoms with van der Waals surface area (Å²) in [7, 11) is 0. The maximum absolute atomic E-state index is 12.1. The molecule has 0 unspecified atom stereocenters. The molecule has 0 bridgehead atoms. The number of pyridine rings is 1. The number of hydrogen-bond donors (Lipinski definition) is 1. The Labute approximate surface area is 107 Å². The summed E-state index contributed by atoms with van der Waals surface area (Å²) in [5.74, 6) is 0.571. The molecule has 0 atom stereocenters. The molecule has 5 heteroatoms. The second-order valence-corrected chi connectivity index (χ2v) is 5.32. The van der Waals surface area contributed by atoms with E-state index in [9.17, 15) is 4.79 Å². The number of aromatic amines is 1. The normalized spacial score (nSPS) is 11.0. The zero-order chi connectivity index (χ0) is 12.7. The van der Waals surface area contributed by atoms with E-state index in [-0.39, 0.29) is 5.56 Å². The molecular weight excluding hydrogens is 246 g/mol. The van der Waals surface area contributed by atoms with Crippen LogP contribution in [0.3, 0.4) is 0 Å². The third-order valence-corrected chi connectivity index (χ3v) is 4.08. The topological polar surface area (TPSA) is 58.6 Å². The van der Waals surface area contributed by atoms with Gasteiger partial charge in [-0.25, -0.2) is 4.98 Å². The monoisotopic (exact) mass is 257 g/mol. The van der Waals surface area contributed by atoms with Gasteiger partial charge in [-0.15, -0.1) is 11.3 Å². The van der Waals surface area contributed by atoms with Crippen molar-refractivity contribution in [1.82, 2.24) is 15.0 Å². The summed E-state index contributed by atoms with van der Waals surface area (Å²) in [6.45, 7) is 3.96. The minimum Gasteiger partial charge on any atom is -0.306 e. The first kappa shape index (κ1) is 11.1. The van der Waals surface area contributed by atoms with E-state index in [1.54, 1.807) is 23.7 Å². The Morgan fingerprint density at radius 1 is 1.33 bits per heavy atom. The van der Waals surface area contributed by atoms with Gasteiger partial charge in [0.15, 0.2) is 0 Å². The van der Waals surface area contributed by atoms with Crippen LogP contribution in [0.5, 0.6) is 0 Å². The van der Waals surface area contributed by atoms with Gasteiger partial charge in [-0.2, -0.15) is 0 Å². The van der Waals surface area contributed by atoms with Gasteiger partial charge in [-0.3, -0.25) is 9.78 Å². The van der Waals surface area contributed by atoms with Gasteiger partial charge in [0.1, 0.15) is 10.7 Å². The van der Waals surface area contributed by atoms with E-state index < -0.39 is 0 Å². The number of rotatable bonds is 1. The Morgan fingerprint density at radius 3 is 2.89 bits per heavy atom. The number of aryl methyl sites for hydroxylation is 2. The maximum Gasteiger partial charge on any atom is 0.260 e. The molecule has 3 aromatic heterocycles. The Balaban J connectivity index is 2.32. The number of nitrogens with zero attached hydrogens (tertiary/aromatic N) is 2. The van der Waals surface area contributed by atoms with E-state index in [2.05, 4.69) is 15.0 Å². The fourth-order valence-electron chi connectivity index (χ4n) is 1.89. The van der Waals surface area contributed by atoms with Crippen molar-refractivity contribution < 1.29 is 0 Å². The van der Waals surface area contributed by atoms with Crippen LogP contribution >= 0.6 is 11.3 Å². The highest BCUT2D eigenvalue weighted by atomic mass is 32.1. The molecule has 0 aliphatic rings. The zero-order valence-corrected chi connectivity index (χ0v) is 10.8. The number of nitrogens with one attached hydrogen (secondary N) is 1. The molecule has 3 aromatic rings. The van der Waals surface area contributed by atoms with Crippen LogP contribution in [0.15, 0.2) is 29.3 Å². The lowest BCUT2D eigenvalue weighted by atomic mass is 10.2. The zero-order valence-electron chi connectivity index (χ0n) is 10.0. The molecule has 0 aliphatic carbocycles. The summed E-state index contributed by atoms with van der Waals surface area (Å²) in [4.78, 5) is 25.4. The van der Waals surface area contributed by atoms with Gasteiger partial charge in [-0.05, 0) is 31.5 Å². The summed E-state index contributed by atoms with van der Waals surface area (Å²) >= 11 is 1.55. The van der Waals surface area contributed by atoms with Crippen LogP contribution in [0.25, 0.3) is 21.6 Å². The Morgan fingerprint density at radius 2 is 2.17 bits per heavy atom. The molecule has 0 saturated carbocycles. The first-order valence-corrected chi connectivity index (χ1v) is 6.39. The van der Waals surface area contributed by atoms with Crippen molar-refractivity contribution in [2.75, 3.05) is 0 Å². The highest BCUT2D eigenvalue weighted by molar-refractivity contribution is 7.18. The third kappa shape index (κ3) is 1.64. The molecule has 18 heavy (non-hydrogen) atoms. The van der Waals surface area contributed by atoms with Crippen LogP contribution in [0.1, 0.15) is 10.4 Å². The standard InChI is InChI=1S/C13H11N3OS/c1-7-8(2)18-13-10(7)12(17)15-11(16-13)9-4-3-5-14-6-9/h3-6H,1-2H3,(H,15,16,17). The van der Waals surface area contributed by atoms with Crippen molar-refractivity contribution >= 4 is 21.6 Å². The van der Waals surface area contributed by atoms with Crippen LogP contribution in [-0.2, 0) is 0 Å². The molecule has 3 rings (SSSR count). The van der Waals surface area contributed by atoms with Crippen molar-refractivity contribution in [3.8, 4) is 11.4 Å². The van der Waals surface area contributed by atoms with Crippen LogP contribution in [0.4, 0.5) is 0 Å². The lowest BCUT2D eigenvalue weighted by Crippen LogP contribution is -2.09. The number of hydrogen-bond acceptors (Lipinski definition) is 4. The van der Waals surface area contributed by atoms with Crippen LogP contribution in [0.2, 0.25) is 0 Å². The second-order valence-electron chi connectivity index (χ2n) is 4.12. The minimum atomic E-state index is -0.0827. The molecule has 0 saturated heterocycles. The molecule has 0 fully saturated rings. The summed E-state index contributed by atoms with van der Waals surface area (Å²) < 4.78 is 0. The first-order chi connectivity index (χ1) is 8.66. The average Bonchev–Trinajstić information content (AvgIpc) is 2.66. The lowest BCUT2D eigenvalue weighted by molar-refractivity contribution is 1.17. The second kappa shape index (κ2) is 4.03. The highest BCUT2D eigenvalue weighted by Crippen LogP contribution is 2.27. The quantitative estimate of drug-likeness (QED) is 0.729. The molecular formula is C13H11N3OS. The predicted octanol–water partition coefficient (Wildman–Crippen LogP) is 2.66. The molecule has 3 heterocycles. The maximum atomic E-state index is 12.1. The molecule has 0 aliphatic heterocycles. The smallest absolute Gasteiger partial charge is 0.260 e. The molecule has 0 aromatic carbocycles. The van der Waals surface area contributed by atoms with Gasteiger partial charge in [0, 0.05) is 22.8 Å². The largest absolute Gasteiger partial charge is 0.306 e. The van der Waals surface area contributed by atoms with Crippen molar-refractivity contribution in [3.05, 3.63) is 45.3 Å². The molecule has 90 valence electrons. The van der Waals surface area contributed by atoms with Crippen LogP contribution in [-0.4, -0.2) is 15.0 Å².